The van der Waals surface area contributed by atoms with E-state index in [9.17, 15) is 9.59 Å². The van der Waals surface area contributed by atoms with Crippen molar-refractivity contribution in [2.75, 3.05) is 0 Å². The van der Waals surface area contributed by atoms with Crippen LogP contribution in [0.3, 0.4) is 0 Å². The molecule has 0 atom stereocenters. The lowest BCUT2D eigenvalue weighted by molar-refractivity contribution is -0.116. The highest BCUT2D eigenvalue weighted by atomic mass is 32.1. The van der Waals surface area contributed by atoms with Crippen molar-refractivity contribution in [1.82, 2.24) is 5.32 Å². The van der Waals surface area contributed by atoms with Gasteiger partial charge in [-0.15, -0.1) is 22.7 Å². The lowest BCUT2D eigenvalue weighted by atomic mass is 10.1. The molecule has 5 heteroatoms. The maximum absolute atomic E-state index is 12.9. The molecule has 0 unspecified atom stereocenters. The Morgan fingerprint density at radius 1 is 0.750 bits per heavy atom. The normalized spacial score (nSPS) is 16.6. The summed E-state index contributed by atoms with van der Waals surface area (Å²) in [6.07, 6.45) is 0.291. The Morgan fingerprint density at radius 2 is 1.36 bits per heavy atom. The van der Waals surface area contributed by atoms with Crippen molar-refractivity contribution >= 4 is 65.8 Å². The summed E-state index contributed by atoms with van der Waals surface area (Å²) >= 11 is 3.24. The number of fused-ring (bicyclic) bond motifs is 3. The standard InChI is InChI=1S/C23H13NO2S2/c25-15-11-14(18-9-12-5-1-3-7-16(12)27-18)20-21(15)22(24-23(20)26)19-10-13-6-2-4-8-17(13)28-19/h1-10H,11H2,(H,24,26). The van der Waals surface area contributed by atoms with Gasteiger partial charge in [-0.1, -0.05) is 36.4 Å². The van der Waals surface area contributed by atoms with Crippen LogP contribution in [0.15, 0.2) is 71.8 Å². The summed E-state index contributed by atoms with van der Waals surface area (Å²) in [4.78, 5) is 27.7. The van der Waals surface area contributed by atoms with Crippen LogP contribution >= 0.6 is 22.7 Å². The molecule has 0 saturated heterocycles. The summed E-state index contributed by atoms with van der Waals surface area (Å²) in [5.74, 6) is -0.144. The minimum absolute atomic E-state index is 0.0215. The molecule has 3 heterocycles. The highest BCUT2D eigenvalue weighted by Crippen LogP contribution is 2.46. The number of rotatable bonds is 2. The van der Waals surface area contributed by atoms with Gasteiger partial charge in [0, 0.05) is 20.7 Å². The van der Waals surface area contributed by atoms with Gasteiger partial charge in [0.05, 0.1) is 21.7 Å². The summed E-state index contributed by atoms with van der Waals surface area (Å²) in [5, 5.41) is 5.24. The molecule has 134 valence electrons. The smallest absolute Gasteiger partial charge is 0.256 e. The number of amides is 1. The lowest BCUT2D eigenvalue weighted by Gasteiger charge is -2.02. The number of thiophene rings is 2. The summed E-state index contributed by atoms with van der Waals surface area (Å²) < 4.78 is 2.31. The fraction of sp³-hybridized carbons (Fsp3) is 0.0435. The van der Waals surface area contributed by atoms with Crippen molar-refractivity contribution in [3.05, 3.63) is 81.6 Å². The summed E-state index contributed by atoms with van der Waals surface area (Å²) in [5.41, 5.74) is 2.64. The van der Waals surface area contributed by atoms with Gasteiger partial charge in [0.25, 0.3) is 5.91 Å². The quantitative estimate of drug-likeness (QED) is 0.492. The SMILES string of the molecule is O=C1CC(c2cc3ccccc3s2)=C2C(=O)NC(c3cc4ccccc4s3)=C12. The maximum atomic E-state index is 12.9. The molecule has 0 radical (unpaired) electrons. The van der Waals surface area contributed by atoms with Gasteiger partial charge in [-0.05, 0) is 40.6 Å². The highest BCUT2D eigenvalue weighted by molar-refractivity contribution is 7.20. The molecule has 6 rings (SSSR count). The number of carbonyl (C=O) groups is 2. The van der Waals surface area contributed by atoms with Gasteiger partial charge in [-0.25, -0.2) is 0 Å². The van der Waals surface area contributed by atoms with Crippen LogP contribution in [-0.4, -0.2) is 11.7 Å². The number of hydrogen-bond acceptors (Lipinski definition) is 4. The first-order valence-electron chi connectivity index (χ1n) is 8.99. The molecule has 2 aliphatic rings. The third-order valence-electron chi connectivity index (χ3n) is 5.28. The third kappa shape index (κ3) is 2.20. The number of carbonyl (C=O) groups excluding carboxylic acids is 2. The maximum Gasteiger partial charge on any atom is 0.256 e. The monoisotopic (exact) mass is 399 g/mol. The van der Waals surface area contributed by atoms with E-state index < -0.39 is 0 Å². The van der Waals surface area contributed by atoms with Crippen LogP contribution in [0.5, 0.6) is 0 Å². The number of nitrogens with one attached hydrogen (secondary N) is 1. The first-order chi connectivity index (χ1) is 13.7. The number of ketones is 1. The third-order valence-corrected chi connectivity index (χ3v) is 7.59. The van der Waals surface area contributed by atoms with Crippen LogP contribution in [0, 0.1) is 0 Å². The minimum Gasteiger partial charge on any atom is -0.320 e. The second-order valence-electron chi connectivity index (χ2n) is 6.95. The number of benzene rings is 2. The van der Waals surface area contributed by atoms with E-state index in [-0.39, 0.29) is 11.7 Å². The number of Topliss-reactive ketones (excluding diaryl/α,β-unsaturated/α-hetero) is 1. The van der Waals surface area contributed by atoms with Gasteiger partial charge < -0.3 is 5.32 Å². The molecule has 0 fully saturated rings. The van der Waals surface area contributed by atoms with E-state index in [1.54, 1.807) is 22.7 Å². The molecule has 1 aliphatic heterocycles. The molecule has 0 bridgehead atoms. The van der Waals surface area contributed by atoms with E-state index in [2.05, 4.69) is 35.6 Å². The lowest BCUT2D eigenvalue weighted by Crippen LogP contribution is -2.16. The Morgan fingerprint density at radius 3 is 2.04 bits per heavy atom. The largest absolute Gasteiger partial charge is 0.320 e. The fourth-order valence-corrected chi connectivity index (χ4v) is 6.19. The minimum atomic E-state index is -0.166. The molecule has 3 nitrogen and oxygen atoms in total. The second kappa shape index (κ2) is 5.74. The molecular weight excluding hydrogens is 386 g/mol. The van der Waals surface area contributed by atoms with Crippen LogP contribution in [0.25, 0.3) is 31.4 Å². The highest BCUT2D eigenvalue weighted by Gasteiger charge is 2.41. The summed E-state index contributed by atoms with van der Waals surface area (Å²) in [7, 11) is 0. The predicted molar refractivity (Wildman–Crippen MR) is 115 cm³/mol. The number of allylic oxidation sites excluding steroid dienone is 1. The van der Waals surface area contributed by atoms with E-state index in [1.165, 1.54) is 4.70 Å². The van der Waals surface area contributed by atoms with Crippen LogP contribution in [0.2, 0.25) is 0 Å². The molecule has 1 N–H and O–H groups in total. The van der Waals surface area contributed by atoms with Crippen LogP contribution in [-0.2, 0) is 9.59 Å². The van der Waals surface area contributed by atoms with Gasteiger partial charge in [0.2, 0.25) is 0 Å². The van der Waals surface area contributed by atoms with Crippen LogP contribution in [0.4, 0.5) is 0 Å². The molecule has 28 heavy (non-hydrogen) atoms. The Labute approximate surface area is 168 Å². The molecular formula is C23H13NO2S2. The van der Waals surface area contributed by atoms with E-state index >= 15 is 0 Å². The Kier molecular flexibility index (Phi) is 3.27. The van der Waals surface area contributed by atoms with Crippen molar-refractivity contribution in [3.63, 3.8) is 0 Å². The molecule has 0 spiro atoms. The van der Waals surface area contributed by atoms with Crippen LogP contribution in [0.1, 0.15) is 16.2 Å². The van der Waals surface area contributed by atoms with Gasteiger partial charge in [-0.3, -0.25) is 9.59 Å². The first kappa shape index (κ1) is 16.0. The zero-order valence-electron chi connectivity index (χ0n) is 14.6. The van der Waals surface area contributed by atoms with Crippen molar-refractivity contribution < 1.29 is 9.59 Å². The molecule has 2 aromatic heterocycles. The summed E-state index contributed by atoms with van der Waals surface area (Å²) in [6, 6.07) is 20.4. The van der Waals surface area contributed by atoms with Gasteiger partial charge >= 0.3 is 0 Å². The first-order valence-corrected chi connectivity index (χ1v) is 10.6. The average Bonchev–Trinajstić information content (AvgIpc) is 3.44. The molecule has 2 aromatic carbocycles. The Hall–Kier alpha value is -3.02. The fourth-order valence-electron chi connectivity index (χ4n) is 4.01. The summed E-state index contributed by atoms with van der Waals surface area (Å²) in [6.45, 7) is 0. The zero-order valence-corrected chi connectivity index (χ0v) is 16.2. The Balaban J connectivity index is 1.56. The van der Waals surface area contributed by atoms with Crippen molar-refractivity contribution in [1.29, 1.82) is 0 Å². The molecule has 1 aliphatic carbocycles. The van der Waals surface area contributed by atoms with Gasteiger partial charge in [-0.2, -0.15) is 0 Å². The predicted octanol–water partition coefficient (Wildman–Crippen LogP) is 5.38. The van der Waals surface area contributed by atoms with E-state index in [0.717, 1.165) is 30.8 Å². The molecule has 0 saturated carbocycles. The van der Waals surface area contributed by atoms with E-state index in [1.807, 2.05) is 30.3 Å². The van der Waals surface area contributed by atoms with Gasteiger partial charge in [0.15, 0.2) is 5.78 Å². The molecule has 4 aromatic rings. The van der Waals surface area contributed by atoms with E-state index in [4.69, 9.17) is 0 Å². The van der Waals surface area contributed by atoms with Crippen molar-refractivity contribution in [2.45, 2.75) is 6.42 Å². The van der Waals surface area contributed by atoms with Gasteiger partial charge in [0.1, 0.15) is 0 Å². The van der Waals surface area contributed by atoms with Crippen LogP contribution < -0.4 is 5.32 Å². The topological polar surface area (TPSA) is 46.2 Å². The Bertz CT molecular complexity index is 1230. The van der Waals surface area contributed by atoms with Crippen molar-refractivity contribution in [3.8, 4) is 0 Å². The zero-order chi connectivity index (χ0) is 18.8. The van der Waals surface area contributed by atoms with E-state index in [0.29, 0.717) is 23.3 Å². The van der Waals surface area contributed by atoms with Crippen molar-refractivity contribution in [2.24, 2.45) is 0 Å². The average molecular weight is 399 g/mol. The second-order valence-corrected chi connectivity index (χ2v) is 9.12. The number of hydrogen-bond donors (Lipinski definition) is 1. The molecule has 1 amide bonds.